The van der Waals surface area contributed by atoms with Crippen LogP contribution in [0.15, 0.2) is 24.3 Å². The Kier molecular flexibility index (Phi) is 39.5. The van der Waals surface area contributed by atoms with Crippen molar-refractivity contribution in [2.45, 2.75) is 206 Å². The van der Waals surface area contributed by atoms with Crippen molar-refractivity contribution in [3.63, 3.8) is 0 Å². The predicted molar refractivity (Wildman–Crippen MR) is 220 cm³/mol. The lowest BCUT2D eigenvalue weighted by Gasteiger charge is -2.33. The predicted octanol–water partition coefficient (Wildman–Crippen LogP) is 14.3. The Morgan fingerprint density at radius 3 is 1.27 bits per heavy atom. The normalized spacial score (nSPS) is 13.0. The van der Waals surface area contributed by atoms with Crippen LogP contribution in [-0.4, -0.2) is 62.9 Å². The van der Waals surface area contributed by atoms with Gasteiger partial charge in [-0.25, -0.2) is 0 Å². The van der Waals surface area contributed by atoms with Gasteiger partial charge in [0, 0.05) is 25.0 Å². The van der Waals surface area contributed by atoms with Crippen molar-refractivity contribution in [3.8, 4) is 0 Å². The maximum atomic E-state index is 6.44. The average Bonchev–Trinajstić information content (AvgIpc) is 3.08. The molecule has 1 unspecified atom stereocenters. The van der Waals surface area contributed by atoms with Gasteiger partial charge in [-0.2, -0.15) is 0 Å². The lowest BCUT2D eigenvalue weighted by Crippen LogP contribution is -2.48. The number of hydrogen-bond donors (Lipinski definition) is 0. The van der Waals surface area contributed by atoms with Gasteiger partial charge in [0.15, 0.2) is 0 Å². The van der Waals surface area contributed by atoms with E-state index in [0.29, 0.717) is 0 Å². The molecule has 0 spiro atoms. The van der Waals surface area contributed by atoms with E-state index in [0.717, 1.165) is 36.2 Å². The fourth-order valence-electron chi connectivity index (χ4n) is 6.55. The number of unbranched alkanes of at least 4 members (excludes halogenated alkanes) is 24. The van der Waals surface area contributed by atoms with Crippen LogP contribution in [-0.2, 0) is 9.47 Å². The summed E-state index contributed by atoms with van der Waals surface area (Å²) >= 11 is 3.61. The molecule has 48 heavy (non-hydrogen) atoms. The van der Waals surface area contributed by atoms with Gasteiger partial charge >= 0.3 is 0 Å². The molecule has 3 nitrogen and oxygen atoms in total. The quantitative estimate of drug-likeness (QED) is 0.0269. The van der Waals surface area contributed by atoms with Crippen LogP contribution < -0.4 is 0 Å². The molecule has 0 rings (SSSR count). The van der Waals surface area contributed by atoms with Crippen molar-refractivity contribution in [1.29, 1.82) is 0 Å². The van der Waals surface area contributed by atoms with E-state index in [2.05, 4.69) is 68.2 Å². The van der Waals surface area contributed by atoms with E-state index in [-0.39, 0.29) is 6.10 Å². The largest absolute Gasteiger partial charge is 0.379 e. The molecule has 0 aliphatic rings. The van der Waals surface area contributed by atoms with Crippen LogP contribution in [0.4, 0.5) is 0 Å². The van der Waals surface area contributed by atoms with Crippen molar-refractivity contribution >= 4 is 15.9 Å². The van der Waals surface area contributed by atoms with Gasteiger partial charge in [-0.05, 0) is 64.2 Å². The molecule has 0 saturated carbocycles. The van der Waals surface area contributed by atoms with Gasteiger partial charge in [0.1, 0.15) is 12.6 Å². The molecule has 0 aromatic carbocycles. The number of alkyl halides is 1. The topological polar surface area (TPSA) is 18.5 Å². The summed E-state index contributed by atoms with van der Waals surface area (Å²) in [4.78, 5) is 0. The highest BCUT2D eigenvalue weighted by molar-refractivity contribution is 9.09. The first-order chi connectivity index (χ1) is 23.6. The summed E-state index contributed by atoms with van der Waals surface area (Å²) in [5.74, 6) is 0. The number of nitrogens with zero attached hydrogens (tertiary/aromatic N) is 1. The molecule has 4 heteroatoms. The van der Waals surface area contributed by atoms with Crippen LogP contribution >= 0.6 is 15.9 Å². The highest BCUT2D eigenvalue weighted by Gasteiger charge is 2.22. The third-order valence-corrected chi connectivity index (χ3v) is 10.3. The van der Waals surface area contributed by atoms with E-state index in [4.69, 9.17) is 9.47 Å². The molecular weight excluding hydrogens is 654 g/mol. The van der Waals surface area contributed by atoms with Gasteiger partial charge in [-0.3, -0.25) is 0 Å². The zero-order valence-corrected chi connectivity index (χ0v) is 34.9. The molecule has 0 fully saturated rings. The van der Waals surface area contributed by atoms with E-state index in [1.54, 1.807) is 0 Å². The minimum Gasteiger partial charge on any atom is -0.379 e. The van der Waals surface area contributed by atoms with Crippen molar-refractivity contribution in [3.05, 3.63) is 24.3 Å². The number of hydrogen-bond acceptors (Lipinski definition) is 2. The SMILES string of the molecule is CCCCCCCC/C=C\CCCCCCCCOCC(C[N+](C)(C)CCCBr)OCCCCCCCC/C=C\CCCCCCCC. The highest BCUT2D eigenvalue weighted by atomic mass is 79.9. The minimum absolute atomic E-state index is 0.201. The minimum atomic E-state index is 0.201. The van der Waals surface area contributed by atoms with E-state index in [1.165, 1.54) is 193 Å². The van der Waals surface area contributed by atoms with E-state index < -0.39 is 0 Å². The summed E-state index contributed by atoms with van der Waals surface area (Å²) in [6.45, 7) is 9.29. The van der Waals surface area contributed by atoms with E-state index in [1.807, 2.05) is 0 Å². The molecule has 0 aliphatic heterocycles. The smallest absolute Gasteiger partial charge is 0.130 e. The number of rotatable bonds is 40. The first-order valence-electron chi connectivity index (χ1n) is 21.4. The standard InChI is InChI=1S/C44H87BrNO2/c1-5-7-9-11-13-15-17-19-21-23-25-27-29-31-33-35-40-47-43-44(42-46(3,4)39-37-38-45)48-41-36-34-32-30-28-26-24-22-20-18-16-14-12-10-8-6-2/h19-22,44H,5-18,23-43H2,1-4H3/q+1/b21-19-,22-20-. The van der Waals surface area contributed by atoms with Crippen molar-refractivity contribution in [2.75, 3.05) is 52.3 Å². The molecule has 0 aromatic rings. The Bertz CT molecular complexity index is 664. The average molecular weight is 742 g/mol. The van der Waals surface area contributed by atoms with E-state index in [9.17, 15) is 0 Å². The third-order valence-electron chi connectivity index (χ3n) is 9.71. The molecule has 0 amide bonds. The molecular formula is C44H87BrNO2+. The van der Waals surface area contributed by atoms with Gasteiger partial charge in [0.25, 0.3) is 0 Å². The molecule has 0 aromatic heterocycles. The molecule has 0 N–H and O–H groups in total. The lowest BCUT2D eigenvalue weighted by molar-refractivity contribution is -0.893. The van der Waals surface area contributed by atoms with Crippen LogP contribution in [0.3, 0.4) is 0 Å². The number of quaternary nitrogens is 1. The lowest BCUT2D eigenvalue weighted by atomic mass is 10.1. The number of likely N-dealkylation sites (N-methyl/N-ethyl adjacent to an activating group) is 1. The Labute approximate surface area is 311 Å². The monoisotopic (exact) mass is 741 g/mol. The van der Waals surface area contributed by atoms with Gasteiger partial charge in [0.2, 0.25) is 0 Å². The highest BCUT2D eigenvalue weighted by Crippen LogP contribution is 2.13. The molecule has 0 bridgehead atoms. The number of allylic oxidation sites excluding steroid dienone is 4. The molecule has 286 valence electrons. The van der Waals surface area contributed by atoms with Crippen LogP contribution in [0.25, 0.3) is 0 Å². The van der Waals surface area contributed by atoms with Gasteiger partial charge in [-0.1, -0.05) is 170 Å². The van der Waals surface area contributed by atoms with Crippen LogP contribution in [0.5, 0.6) is 0 Å². The van der Waals surface area contributed by atoms with Crippen molar-refractivity contribution < 1.29 is 14.0 Å². The zero-order chi connectivity index (χ0) is 35.1. The number of ether oxygens (including phenoxy) is 2. The summed E-state index contributed by atoms with van der Waals surface area (Å²) in [6, 6.07) is 0. The Balaban J connectivity index is 3.88. The van der Waals surface area contributed by atoms with Gasteiger partial charge in [0.05, 0.1) is 27.2 Å². The van der Waals surface area contributed by atoms with Crippen LogP contribution in [0.1, 0.15) is 200 Å². The Morgan fingerprint density at radius 2 is 0.854 bits per heavy atom. The molecule has 0 heterocycles. The van der Waals surface area contributed by atoms with Gasteiger partial charge in [-0.15, -0.1) is 0 Å². The molecule has 0 saturated heterocycles. The summed E-state index contributed by atoms with van der Waals surface area (Å²) < 4.78 is 13.6. The first kappa shape index (κ1) is 47.8. The molecule has 1 atom stereocenters. The van der Waals surface area contributed by atoms with Crippen molar-refractivity contribution in [1.82, 2.24) is 0 Å². The third kappa shape index (κ3) is 38.6. The fourth-order valence-corrected chi connectivity index (χ4v) is 6.80. The molecule has 0 radical (unpaired) electrons. The maximum absolute atomic E-state index is 6.44. The second-order valence-corrected chi connectivity index (χ2v) is 16.1. The summed E-state index contributed by atoms with van der Waals surface area (Å²) in [5, 5.41) is 1.07. The number of halogens is 1. The zero-order valence-electron chi connectivity index (χ0n) is 33.3. The molecule has 0 aliphatic carbocycles. The Morgan fingerprint density at radius 1 is 0.479 bits per heavy atom. The maximum Gasteiger partial charge on any atom is 0.130 e. The fraction of sp³-hybridized carbons (Fsp3) is 0.909. The Hall–Kier alpha value is -0.160. The van der Waals surface area contributed by atoms with Crippen LogP contribution in [0, 0.1) is 0 Å². The van der Waals surface area contributed by atoms with Crippen molar-refractivity contribution in [2.24, 2.45) is 0 Å². The summed E-state index contributed by atoms with van der Waals surface area (Å²) in [5.41, 5.74) is 0. The summed E-state index contributed by atoms with van der Waals surface area (Å²) in [7, 11) is 4.68. The van der Waals surface area contributed by atoms with Crippen LogP contribution in [0.2, 0.25) is 0 Å². The second-order valence-electron chi connectivity index (χ2n) is 15.3. The van der Waals surface area contributed by atoms with E-state index >= 15 is 0 Å². The summed E-state index contributed by atoms with van der Waals surface area (Å²) in [6.07, 6.45) is 48.8. The van der Waals surface area contributed by atoms with Gasteiger partial charge < -0.3 is 14.0 Å². The second kappa shape index (κ2) is 39.6. The first-order valence-corrected chi connectivity index (χ1v) is 22.5.